The number of rotatable bonds is 1. The van der Waals surface area contributed by atoms with Crippen LogP contribution in [0.4, 0.5) is 0 Å². The minimum Gasteiger partial charge on any atom is -0.324 e. The highest BCUT2D eigenvalue weighted by Crippen LogP contribution is 2.33. The van der Waals surface area contributed by atoms with Gasteiger partial charge in [0.2, 0.25) is 0 Å². The van der Waals surface area contributed by atoms with E-state index in [0.29, 0.717) is 0 Å². The molecule has 0 radical (unpaired) electrons. The van der Waals surface area contributed by atoms with Crippen LogP contribution in [0.15, 0.2) is 28.7 Å². The lowest BCUT2D eigenvalue weighted by Gasteiger charge is -2.09. The van der Waals surface area contributed by atoms with E-state index in [4.69, 9.17) is 5.73 Å². The molecule has 0 aromatic heterocycles. The summed E-state index contributed by atoms with van der Waals surface area (Å²) in [5.74, 6) is 0. The average molecular weight is 238 g/mol. The largest absolute Gasteiger partial charge is 0.324 e. The summed E-state index contributed by atoms with van der Waals surface area (Å²) in [5.41, 5.74) is 9.83. The van der Waals surface area contributed by atoms with E-state index in [9.17, 15) is 0 Å². The summed E-state index contributed by atoms with van der Waals surface area (Å²) < 4.78 is 1.19. The molecule has 68 valence electrons. The van der Waals surface area contributed by atoms with E-state index < -0.39 is 0 Å². The van der Waals surface area contributed by atoms with Crippen molar-refractivity contribution in [3.63, 3.8) is 0 Å². The maximum absolute atomic E-state index is 5.88. The van der Waals surface area contributed by atoms with Crippen LogP contribution in [0, 0.1) is 0 Å². The van der Waals surface area contributed by atoms with E-state index in [1.165, 1.54) is 21.2 Å². The van der Waals surface area contributed by atoms with Crippen molar-refractivity contribution in [2.24, 2.45) is 5.73 Å². The van der Waals surface area contributed by atoms with Gasteiger partial charge in [0.25, 0.3) is 0 Å². The van der Waals surface area contributed by atoms with Crippen molar-refractivity contribution < 1.29 is 0 Å². The van der Waals surface area contributed by atoms with Crippen molar-refractivity contribution in [1.82, 2.24) is 0 Å². The fourth-order valence-corrected chi connectivity index (χ4v) is 2.32. The molecule has 2 N–H and O–H groups in total. The number of fused-ring (bicyclic) bond motifs is 1. The summed E-state index contributed by atoms with van der Waals surface area (Å²) in [5, 5.41) is 0. The number of hydrogen-bond acceptors (Lipinski definition) is 1. The lowest BCUT2D eigenvalue weighted by molar-refractivity contribution is 0.948. The van der Waals surface area contributed by atoms with Crippen LogP contribution in [0.25, 0.3) is 5.57 Å². The molecule has 13 heavy (non-hydrogen) atoms. The van der Waals surface area contributed by atoms with Crippen LogP contribution in [0.2, 0.25) is 0 Å². The molecule has 0 spiro atoms. The zero-order chi connectivity index (χ0) is 9.42. The zero-order valence-corrected chi connectivity index (χ0v) is 9.14. The van der Waals surface area contributed by atoms with Crippen LogP contribution < -0.4 is 5.73 Å². The Labute approximate surface area is 86.8 Å². The van der Waals surface area contributed by atoms with Crippen LogP contribution in [0.3, 0.4) is 0 Å². The predicted molar refractivity (Wildman–Crippen MR) is 59.5 cm³/mol. The zero-order valence-electron chi connectivity index (χ0n) is 7.55. The molecule has 1 aliphatic carbocycles. The van der Waals surface area contributed by atoms with Crippen LogP contribution in [-0.2, 0) is 6.42 Å². The van der Waals surface area contributed by atoms with Crippen LogP contribution in [0.1, 0.15) is 18.1 Å². The number of nitrogens with two attached hydrogens (primary N) is 1. The second kappa shape index (κ2) is 3.28. The van der Waals surface area contributed by atoms with Gasteiger partial charge in [-0.25, -0.2) is 0 Å². The second-order valence-corrected chi connectivity index (χ2v) is 4.27. The van der Waals surface area contributed by atoms with Gasteiger partial charge in [-0.2, -0.15) is 0 Å². The normalized spacial score (nSPS) is 16.7. The summed E-state index contributed by atoms with van der Waals surface area (Å²) in [7, 11) is 0. The summed E-state index contributed by atoms with van der Waals surface area (Å²) in [6.45, 7) is 2.03. The fraction of sp³-hybridized carbons (Fsp3) is 0.273. The van der Waals surface area contributed by atoms with E-state index in [1.54, 1.807) is 0 Å². The molecule has 1 nitrogen and oxygen atoms in total. The Kier molecular flexibility index (Phi) is 2.26. The molecule has 0 amide bonds. The molecule has 0 saturated heterocycles. The van der Waals surface area contributed by atoms with Gasteiger partial charge >= 0.3 is 0 Å². The molecule has 2 heteroatoms. The molecule has 0 fully saturated rings. The Morgan fingerprint density at radius 1 is 1.46 bits per heavy atom. The van der Waals surface area contributed by atoms with E-state index in [-0.39, 0.29) is 6.04 Å². The highest BCUT2D eigenvalue weighted by molar-refractivity contribution is 9.10. The van der Waals surface area contributed by atoms with Gasteiger partial charge in [0.15, 0.2) is 0 Å². The smallest absolute Gasteiger partial charge is 0.0269 e. The summed E-state index contributed by atoms with van der Waals surface area (Å²) in [6, 6.07) is 6.42. The predicted octanol–water partition coefficient (Wildman–Crippen LogP) is 2.74. The first kappa shape index (κ1) is 8.97. The Morgan fingerprint density at radius 3 is 2.92 bits per heavy atom. The molecule has 1 unspecified atom stereocenters. The lowest BCUT2D eigenvalue weighted by atomic mass is 10.0. The Hall–Kier alpha value is -0.600. The van der Waals surface area contributed by atoms with Crippen molar-refractivity contribution in [2.45, 2.75) is 19.4 Å². The van der Waals surface area contributed by atoms with Crippen LogP contribution in [0.5, 0.6) is 0 Å². The maximum atomic E-state index is 5.88. The van der Waals surface area contributed by atoms with Crippen molar-refractivity contribution in [1.29, 1.82) is 0 Å². The summed E-state index contributed by atoms with van der Waals surface area (Å²) in [4.78, 5) is 0. The quantitative estimate of drug-likeness (QED) is 0.799. The second-order valence-electron chi connectivity index (χ2n) is 3.42. The highest BCUT2D eigenvalue weighted by atomic mass is 79.9. The first-order valence-corrected chi connectivity index (χ1v) is 5.23. The van der Waals surface area contributed by atoms with E-state index in [0.717, 1.165) is 6.42 Å². The van der Waals surface area contributed by atoms with Crippen molar-refractivity contribution in [3.8, 4) is 0 Å². The number of hydrogen-bond donors (Lipinski definition) is 1. The van der Waals surface area contributed by atoms with Gasteiger partial charge < -0.3 is 5.73 Å². The van der Waals surface area contributed by atoms with Gasteiger partial charge in [0, 0.05) is 10.5 Å². The van der Waals surface area contributed by atoms with Gasteiger partial charge in [-0.05, 0) is 36.1 Å². The van der Waals surface area contributed by atoms with Crippen molar-refractivity contribution in [3.05, 3.63) is 39.9 Å². The van der Waals surface area contributed by atoms with Gasteiger partial charge in [-0.3, -0.25) is 0 Å². The minimum absolute atomic E-state index is 0.135. The first-order chi connectivity index (χ1) is 6.20. The molecular formula is C11H12BrN. The minimum atomic E-state index is 0.135. The first-order valence-electron chi connectivity index (χ1n) is 4.43. The van der Waals surface area contributed by atoms with E-state index >= 15 is 0 Å². The highest BCUT2D eigenvalue weighted by Gasteiger charge is 2.17. The van der Waals surface area contributed by atoms with Crippen LogP contribution >= 0.6 is 15.9 Å². The van der Waals surface area contributed by atoms with Crippen molar-refractivity contribution >= 4 is 21.5 Å². The Bertz CT molecular complexity index is 366. The fourth-order valence-electron chi connectivity index (χ4n) is 1.79. The van der Waals surface area contributed by atoms with Gasteiger partial charge in [-0.15, -0.1) is 0 Å². The topological polar surface area (TPSA) is 26.0 Å². The lowest BCUT2D eigenvalue weighted by Crippen LogP contribution is -2.15. The number of halogens is 1. The molecule has 1 aromatic carbocycles. The van der Waals surface area contributed by atoms with Crippen LogP contribution in [-0.4, -0.2) is 6.04 Å². The Morgan fingerprint density at radius 2 is 2.23 bits per heavy atom. The standard InChI is InChI=1S/C11H12BrN/c1-7(13)8-5-6-10-9(8)3-2-4-11(10)12/h2-5,7H,6,13H2,1H3. The van der Waals surface area contributed by atoms with Crippen molar-refractivity contribution in [2.75, 3.05) is 0 Å². The third-order valence-corrected chi connectivity index (χ3v) is 3.19. The average Bonchev–Trinajstić information content (AvgIpc) is 2.48. The number of allylic oxidation sites excluding steroid dienone is 1. The third-order valence-electron chi connectivity index (χ3n) is 2.45. The van der Waals surface area contributed by atoms with Gasteiger partial charge in [-0.1, -0.05) is 34.1 Å². The maximum Gasteiger partial charge on any atom is 0.0269 e. The monoisotopic (exact) mass is 237 g/mol. The molecule has 1 aromatic rings. The van der Waals surface area contributed by atoms with Gasteiger partial charge in [0.05, 0.1) is 0 Å². The summed E-state index contributed by atoms with van der Waals surface area (Å²) in [6.07, 6.45) is 3.23. The molecule has 0 heterocycles. The molecule has 0 saturated carbocycles. The summed E-state index contributed by atoms with van der Waals surface area (Å²) >= 11 is 3.55. The molecule has 0 bridgehead atoms. The number of benzene rings is 1. The Balaban J connectivity index is 2.50. The molecule has 1 atom stereocenters. The molecule has 0 aliphatic heterocycles. The van der Waals surface area contributed by atoms with E-state index in [1.807, 2.05) is 6.92 Å². The molecular weight excluding hydrogens is 226 g/mol. The third kappa shape index (κ3) is 1.45. The SMILES string of the molecule is CC(N)C1=CCc2c(Br)cccc21. The molecule has 2 rings (SSSR count). The molecule has 1 aliphatic rings. The van der Waals surface area contributed by atoms with E-state index in [2.05, 4.69) is 40.2 Å². The van der Waals surface area contributed by atoms with Gasteiger partial charge in [0.1, 0.15) is 0 Å².